The van der Waals surface area contributed by atoms with E-state index < -0.39 is 5.60 Å². The SMILES string of the molecule is CC1CCN(C(=O)OC(C)(C)C)CCCN1. The molecule has 1 amide bonds. The van der Waals surface area contributed by atoms with Crippen LogP contribution < -0.4 is 5.32 Å². The predicted octanol–water partition coefficient (Wildman–Crippen LogP) is 2.00. The van der Waals surface area contributed by atoms with E-state index >= 15 is 0 Å². The number of hydrogen-bond acceptors (Lipinski definition) is 3. The molecule has 1 heterocycles. The molecule has 0 radical (unpaired) electrons. The Kier molecular flexibility index (Phi) is 4.59. The molecule has 0 bridgehead atoms. The summed E-state index contributed by atoms with van der Waals surface area (Å²) in [7, 11) is 0. The lowest BCUT2D eigenvalue weighted by molar-refractivity contribution is 0.0233. The van der Waals surface area contributed by atoms with Crippen molar-refractivity contribution >= 4 is 6.09 Å². The summed E-state index contributed by atoms with van der Waals surface area (Å²) >= 11 is 0. The molecule has 1 atom stereocenters. The lowest BCUT2D eigenvalue weighted by atomic mass is 10.2. The van der Waals surface area contributed by atoms with Crippen molar-refractivity contribution < 1.29 is 9.53 Å². The van der Waals surface area contributed by atoms with Gasteiger partial charge in [0.05, 0.1) is 0 Å². The van der Waals surface area contributed by atoms with E-state index in [4.69, 9.17) is 4.74 Å². The minimum atomic E-state index is -0.399. The number of hydrogen-bond donors (Lipinski definition) is 1. The summed E-state index contributed by atoms with van der Waals surface area (Å²) in [5.41, 5.74) is -0.399. The summed E-state index contributed by atoms with van der Waals surface area (Å²) < 4.78 is 5.38. The molecule has 4 nitrogen and oxygen atoms in total. The molecule has 1 fully saturated rings. The van der Waals surface area contributed by atoms with E-state index in [-0.39, 0.29) is 6.09 Å². The summed E-state index contributed by atoms with van der Waals surface area (Å²) in [5, 5.41) is 3.41. The molecule has 1 rings (SSSR count). The summed E-state index contributed by atoms with van der Waals surface area (Å²) in [5.74, 6) is 0. The van der Waals surface area contributed by atoms with Crippen LogP contribution in [0.1, 0.15) is 40.5 Å². The van der Waals surface area contributed by atoms with Crippen molar-refractivity contribution in [2.45, 2.75) is 52.2 Å². The minimum absolute atomic E-state index is 0.179. The highest BCUT2D eigenvalue weighted by Crippen LogP contribution is 2.11. The van der Waals surface area contributed by atoms with Crippen molar-refractivity contribution in [1.82, 2.24) is 10.2 Å². The van der Waals surface area contributed by atoms with Crippen LogP contribution in [0.4, 0.5) is 4.79 Å². The van der Waals surface area contributed by atoms with E-state index in [1.807, 2.05) is 25.7 Å². The summed E-state index contributed by atoms with van der Waals surface area (Å²) in [4.78, 5) is 13.7. The highest BCUT2D eigenvalue weighted by Gasteiger charge is 2.22. The zero-order chi connectivity index (χ0) is 12.2. The summed E-state index contributed by atoms with van der Waals surface area (Å²) in [6, 6.07) is 0.477. The lowest BCUT2D eigenvalue weighted by Crippen LogP contribution is -2.43. The van der Waals surface area contributed by atoms with E-state index in [0.29, 0.717) is 6.04 Å². The molecule has 0 aromatic heterocycles. The average Bonchev–Trinajstić information content (AvgIpc) is 2.08. The van der Waals surface area contributed by atoms with Crippen LogP contribution in [-0.2, 0) is 4.74 Å². The van der Waals surface area contributed by atoms with Crippen LogP contribution >= 0.6 is 0 Å². The molecule has 0 aliphatic carbocycles. The van der Waals surface area contributed by atoms with Crippen LogP contribution in [0.15, 0.2) is 0 Å². The highest BCUT2D eigenvalue weighted by atomic mass is 16.6. The third-order valence-corrected chi connectivity index (χ3v) is 2.58. The molecule has 16 heavy (non-hydrogen) atoms. The Morgan fingerprint density at radius 3 is 2.69 bits per heavy atom. The number of amides is 1. The van der Waals surface area contributed by atoms with Crippen LogP contribution in [0.2, 0.25) is 0 Å². The van der Waals surface area contributed by atoms with Crippen LogP contribution in [-0.4, -0.2) is 42.3 Å². The zero-order valence-corrected chi connectivity index (χ0v) is 10.9. The van der Waals surface area contributed by atoms with E-state index in [0.717, 1.165) is 32.5 Å². The van der Waals surface area contributed by atoms with Crippen molar-refractivity contribution in [3.63, 3.8) is 0 Å². The van der Waals surface area contributed by atoms with Gasteiger partial charge in [-0.05, 0) is 47.1 Å². The van der Waals surface area contributed by atoms with Crippen molar-refractivity contribution in [1.29, 1.82) is 0 Å². The van der Waals surface area contributed by atoms with E-state index in [1.165, 1.54) is 0 Å². The molecule has 1 aliphatic rings. The molecule has 0 aromatic carbocycles. The standard InChI is InChI=1S/C12H24N2O2/c1-10-6-9-14(8-5-7-13-10)11(15)16-12(2,3)4/h10,13H,5-9H2,1-4H3. The van der Waals surface area contributed by atoms with Gasteiger partial charge in [0.1, 0.15) is 5.60 Å². The lowest BCUT2D eigenvalue weighted by Gasteiger charge is -2.30. The van der Waals surface area contributed by atoms with Gasteiger partial charge in [0.2, 0.25) is 0 Å². The fourth-order valence-electron chi connectivity index (χ4n) is 1.69. The smallest absolute Gasteiger partial charge is 0.410 e. The molecule has 0 aromatic rings. The maximum Gasteiger partial charge on any atom is 0.410 e. The number of nitrogens with one attached hydrogen (secondary N) is 1. The van der Waals surface area contributed by atoms with Gasteiger partial charge in [0, 0.05) is 19.1 Å². The minimum Gasteiger partial charge on any atom is -0.444 e. The average molecular weight is 228 g/mol. The quantitative estimate of drug-likeness (QED) is 0.689. The first-order chi connectivity index (χ1) is 7.38. The van der Waals surface area contributed by atoms with Gasteiger partial charge in [0.25, 0.3) is 0 Å². The molecule has 1 N–H and O–H groups in total. The number of nitrogens with zero attached hydrogens (tertiary/aromatic N) is 1. The molecule has 0 spiro atoms. The van der Waals surface area contributed by atoms with Gasteiger partial charge >= 0.3 is 6.09 Å². The maximum absolute atomic E-state index is 11.9. The number of carbonyl (C=O) groups excluding carboxylic acids is 1. The van der Waals surface area contributed by atoms with Gasteiger partial charge in [-0.15, -0.1) is 0 Å². The predicted molar refractivity (Wildman–Crippen MR) is 64.5 cm³/mol. The van der Waals surface area contributed by atoms with Gasteiger partial charge in [-0.3, -0.25) is 0 Å². The Bertz CT molecular complexity index is 236. The van der Waals surface area contributed by atoms with Crippen molar-refractivity contribution in [3.05, 3.63) is 0 Å². The normalized spacial score (nSPS) is 23.5. The van der Waals surface area contributed by atoms with Crippen LogP contribution in [0.5, 0.6) is 0 Å². The molecule has 1 aliphatic heterocycles. The second kappa shape index (κ2) is 5.53. The zero-order valence-electron chi connectivity index (χ0n) is 10.9. The van der Waals surface area contributed by atoms with E-state index in [9.17, 15) is 4.79 Å². The monoisotopic (exact) mass is 228 g/mol. The molecule has 1 saturated heterocycles. The summed E-state index contributed by atoms with van der Waals surface area (Å²) in [6.45, 7) is 10.4. The van der Waals surface area contributed by atoms with Crippen molar-refractivity contribution in [2.75, 3.05) is 19.6 Å². The second-order valence-corrected chi connectivity index (χ2v) is 5.46. The third-order valence-electron chi connectivity index (χ3n) is 2.58. The van der Waals surface area contributed by atoms with Crippen LogP contribution in [0.25, 0.3) is 0 Å². The van der Waals surface area contributed by atoms with Gasteiger partial charge in [-0.25, -0.2) is 4.79 Å². The van der Waals surface area contributed by atoms with Crippen molar-refractivity contribution in [2.24, 2.45) is 0 Å². The molecule has 4 heteroatoms. The largest absolute Gasteiger partial charge is 0.444 e. The van der Waals surface area contributed by atoms with Gasteiger partial charge in [-0.2, -0.15) is 0 Å². The first-order valence-electron chi connectivity index (χ1n) is 6.10. The second-order valence-electron chi connectivity index (χ2n) is 5.46. The van der Waals surface area contributed by atoms with Crippen molar-refractivity contribution in [3.8, 4) is 0 Å². The first-order valence-corrected chi connectivity index (χ1v) is 6.10. The van der Waals surface area contributed by atoms with Gasteiger partial charge in [-0.1, -0.05) is 0 Å². The molecule has 94 valence electrons. The Labute approximate surface area is 98.3 Å². The molecule has 1 unspecified atom stereocenters. The van der Waals surface area contributed by atoms with Crippen LogP contribution in [0, 0.1) is 0 Å². The Balaban J connectivity index is 2.47. The number of carbonyl (C=O) groups is 1. The molecule has 0 saturated carbocycles. The highest BCUT2D eigenvalue weighted by molar-refractivity contribution is 5.68. The maximum atomic E-state index is 11.9. The number of rotatable bonds is 0. The Hall–Kier alpha value is -0.770. The first kappa shape index (κ1) is 13.3. The van der Waals surface area contributed by atoms with E-state index in [2.05, 4.69) is 12.2 Å². The molecular formula is C12H24N2O2. The van der Waals surface area contributed by atoms with Crippen LogP contribution in [0.3, 0.4) is 0 Å². The summed E-state index contributed by atoms with van der Waals surface area (Å²) in [6.07, 6.45) is 1.80. The number of ether oxygens (including phenoxy) is 1. The van der Waals surface area contributed by atoms with Gasteiger partial charge < -0.3 is 15.0 Å². The topological polar surface area (TPSA) is 41.6 Å². The fraction of sp³-hybridized carbons (Fsp3) is 0.917. The van der Waals surface area contributed by atoms with Gasteiger partial charge in [0.15, 0.2) is 0 Å². The third kappa shape index (κ3) is 4.84. The van der Waals surface area contributed by atoms with E-state index in [1.54, 1.807) is 0 Å². The Morgan fingerprint density at radius 2 is 2.06 bits per heavy atom. The fourth-order valence-corrected chi connectivity index (χ4v) is 1.69. The molecular weight excluding hydrogens is 204 g/mol. The Morgan fingerprint density at radius 1 is 1.38 bits per heavy atom.